The number of aromatic nitrogens is 4. The van der Waals surface area contributed by atoms with E-state index in [9.17, 15) is 9.90 Å². The van der Waals surface area contributed by atoms with Crippen LogP contribution >= 0.6 is 11.8 Å². The van der Waals surface area contributed by atoms with Gasteiger partial charge in [0.25, 0.3) is 0 Å². The molecule has 0 aliphatic heterocycles. The van der Waals surface area contributed by atoms with Crippen molar-refractivity contribution in [2.24, 2.45) is 5.92 Å². The van der Waals surface area contributed by atoms with Crippen molar-refractivity contribution in [1.82, 2.24) is 25.5 Å². The molecule has 0 spiro atoms. The highest BCUT2D eigenvalue weighted by atomic mass is 32.2. The fourth-order valence-corrected chi connectivity index (χ4v) is 3.28. The number of nitrogens with one attached hydrogen (secondary N) is 1. The van der Waals surface area contributed by atoms with Crippen molar-refractivity contribution in [3.05, 3.63) is 0 Å². The van der Waals surface area contributed by atoms with E-state index >= 15 is 0 Å². The van der Waals surface area contributed by atoms with E-state index in [-0.39, 0.29) is 17.9 Å². The summed E-state index contributed by atoms with van der Waals surface area (Å²) in [7, 11) is 0. The number of nitrogens with zero attached hydrogens (tertiary/aromatic N) is 4. The molecule has 1 aromatic heterocycles. The second-order valence-electron chi connectivity index (χ2n) is 5.49. The van der Waals surface area contributed by atoms with Gasteiger partial charge in [0.05, 0.1) is 17.9 Å². The number of rotatable bonds is 6. The lowest BCUT2D eigenvalue weighted by Crippen LogP contribution is -2.33. The third-order valence-corrected chi connectivity index (χ3v) is 4.80. The minimum atomic E-state index is -0.259. The minimum Gasteiger partial charge on any atom is -0.393 e. The van der Waals surface area contributed by atoms with Crippen LogP contribution in [0.3, 0.4) is 0 Å². The Morgan fingerprint density at radius 2 is 2.25 bits per heavy atom. The summed E-state index contributed by atoms with van der Waals surface area (Å²) in [5, 5.41) is 24.8. The first-order valence-corrected chi connectivity index (χ1v) is 8.08. The molecule has 2 saturated carbocycles. The zero-order valence-corrected chi connectivity index (χ0v) is 12.1. The first kappa shape index (κ1) is 13.8. The van der Waals surface area contributed by atoms with Crippen molar-refractivity contribution in [2.45, 2.75) is 49.4 Å². The number of aliphatic hydroxyl groups is 1. The molecule has 0 aromatic carbocycles. The van der Waals surface area contributed by atoms with Gasteiger partial charge in [0.1, 0.15) is 0 Å². The van der Waals surface area contributed by atoms with Crippen LogP contribution in [-0.4, -0.2) is 49.6 Å². The molecule has 110 valence electrons. The molecule has 20 heavy (non-hydrogen) atoms. The van der Waals surface area contributed by atoms with Crippen LogP contribution in [-0.2, 0) is 4.79 Å². The van der Waals surface area contributed by atoms with Gasteiger partial charge in [-0.1, -0.05) is 18.2 Å². The fourth-order valence-electron chi connectivity index (χ4n) is 2.51. The monoisotopic (exact) mass is 297 g/mol. The Morgan fingerprint density at radius 3 is 2.95 bits per heavy atom. The lowest BCUT2D eigenvalue weighted by Gasteiger charge is -2.14. The molecule has 1 aromatic rings. The van der Waals surface area contributed by atoms with Gasteiger partial charge in [-0.15, -0.1) is 5.10 Å². The summed E-state index contributed by atoms with van der Waals surface area (Å²) in [5.41, 5.74) is 0. The first-order valence-electron chi connectivity index (χ1n) is 7.09. The first-order chi connectivity index (χ1) is 9.74. The number of tetrazole rings is 1. The molecular weight excluding hydrogens is 278 g/mol. The quantitative estimate of drug-likeness (QED) is 0.737. The number of hydrogen-bond acceptors (Lipinski definition) is 6. The molecule has 2 N–H and O–H groups in total. The van der Waals surface area contributed by atoms with Crippen LogP contribution in [0.5, 0.6) is 0 Å². The molecule has 1 heterocycles. The predicted molar refractivity (Wildman–Crippen MR) is 73.2 cm³/mol. The molecule has 2 atom stereocenters. The van der Waals surface area contributed by atoms with E-state index in [1.54, 1.807) is 4.68 Å². The van der Waals surface area contributed by atoms with E-state index in [1.807, 2.05) is 0 Å². The van der Waals surface area contributed by atoms with Gasteiger partial charge in [-0.2, -0.15) is 0 Å². The summed E-state index contributed by atoms with van der Waals surface area (Å²) in [4.78, 5) is 11.8. The fraction of sp³-hybridized carbons (Fsp3) is 0.833. The third kappa shape index (κ3) is 3.29. The van der Waals surface area contributed by atoms with Gasteiger partial charge in [0.15, 0.2) is 0 Å². The Kier molecular flexibility index (Phi) is 4.21. The Morgan fingerprint density at radius 1 is 1.40 bits per heavy atom. The Balaban J connectivity index is 1.41. The zero-order chi connectivity index (χ0) is 13.9. The number of thioether (sulfide) groups is 1. The molecule has 2 aliphatic carbocycles. The maximum atomic E-state index is 11.8. The van der Waals surface area contributed by atoms with E-state index in [1.165, 1.54) is 11.8 Å². The molecule has 1 amide bonds. The summed E-state index contributed by atoms with van der Waals surface area (Å²) in [6.07, 6.45) is 4.87. The van der Waals surface area contributed by atoms with E-state index < -0.39 is 0 Å². The number of hydrogen-bond donors (Lipinski definition) is 2. The number of carbonyl (C=O) groups is 1. The summed E-state index contributed by atoms with van der Waals surface area (Å²) < 4.78 is 1.80. The van der Waals surface area contributed by atoms with E-state index in [0.717, 1.165) is 32.1 Å². The summed E-state index contributed by atoms with van der Waals surface area (Å²) >= 11 is 1.37. The van der Waals surface area contributed by atoms with E-state index in [2.05, 4.69) is 20.8 Å². The number of carbonyl (C=O) groups excluding carboxylic acids is 1. The molecule has 2 fully saturated rings. The number of aliphatic hydroxyl groups excluding tert-OH is 1. The predicted octanol–water partition coefficient (Wildman–Crippen LogP) is 0.377. The largest absolute Gasteiger partial charge is 0.393 e. The zero-order valence-electron chi connectivity index (χ0n) is 11.2. The van der Waals surface area contributed by atoms with Gasteiger partial charge in [-0.05, 0) is 36.1 Å². The SMILES string of the molecule is O=C(CSc1nnnn1C1CC1)NCC1CCCC1O. The lowest BCUT2D eigenvalue weighted by molar-refractivity contribution is -0.118. The van der Waals surface area contributed by atoms with Gasteiger partial charge in [-0.25, -0.2) is 4.68 Å². The molecule has 0 saturated heterocycles. The average molecular weight is 297 g/mol. The van der Waals surface area contributed by atoms with Crippen LogP contribution in [0, 0.1) is 5.92 Å². The average Bonchev–Trinajstić information content (AvgIpc) is 3.04. The van der Waals surface area contributed by atoms with Gasteiger partial charge < -0.3 is 10.4 Å². The van der Waals surface area contributed by atoms with Gasteiger partial charge in [-0.3, -0.25) is 4.79 Å². The van der Waals surface area contributed by atoms with Crippen molar-refractivity contribution in [2.75, 3.05) is 12.3 Å². The second-order valence-corrected chi connectivity index (χ2v) is 6.43. The molecule has 0 radical (unpaired) electrons. The highest BCUT2D eigenvalue weighted by Gasteiger charge is 2.28. The summed E-state index contributed by atoms with van der Waals surface area (Å²) in [6.45, 7) is 0.564. The minimum absolute atomic E-state index is 0.0283. The van der Waals surface area contributed by atoms with Crippen molar-refractivity contribution in [3.8, 4) is 0 Å². The molecular formula is C12H19N5O2S. The van der Waals surface area contributed by atoms with Crippen LogP contribution in [0.4, 0.5) is 0 Å². The highest BCUT2D eigenvalue weighted by Crippen LogP contribution is 2.36. The normalized spacial score (nSPS) is 25.9. The third-order valence-electron chi connectivity index (χ3n) is 3.87. The molecule has 7 nitrogen and oxygen atoms in total. The Bertz CT molecular complexity index is 476. The highest BCUT2D eigenvalue weighted by molar-refractivity contribution is 7.99. The van der Waals surface area contributed by atoms with Crippen molar-refractivity contribution in [1.29, 1.82) is 0 Å². The maximum Gasteiger partial charge on any atom is 0.230 e. The molecule has 2 unspecified atom stereocenters. The van der Waals surface area contributed by atoms with Crippen molar-refractivity contribution < 1.29 is 9.90 Å². The van der Waals surface area contributed by atoms with Gasteiger partial charge in [0, 0.05) is 12.5 Å². The second kappa shape index (κ2) is 6.09. The smallest absolute Gasteiger partial charge is 0.230 e. The van der Waals surface area contributed by atoms with Crippen LogP contribution < -0.4 is 5.32 Å². The van der Waals surface area contributed by atoms with Crippen LogP contribution in [0.25, 0.3) is 0 Å². The Labute approximate surface area is 121 Å². The number of amides is 1. The standard InChI is InChI=1S/C12H19N5O2S/c18-10-3-1-2-8(10)6-13-11(19)7-20-12-14-15-16-17(12)9-4-5-9/h8-10,18H,1-7H2,(H,13,19). The molecule has 8 heteroatoms. The van der Waals surface area contributed by atoms with Crippen molar-refractivity contribution >= 4 is 17.7 Å². The van der Waals surface area contributed by atoms with Crippen LogP contribution in [0.1, 0.15) is 38.1 Å². The molecule has 0 bridgehead atoms. The molecule has 3 rings (SSSR count). The van der Waals surface area contributed by atoms with Crippen LogP contribution in [0.15, 0.2) is 5.16 Å². The maximum absolute atomic E-state index is 11.8. The lowest BCUT2D eigenvalue weighted by atomic mass is 10.1. The van der Waals surface area contributed by atoms with E-state index in [4.69, 9.17) is 0 Å². The van der Waals surface area contributed by atoms with Crippen molar-refractivity contribution in [3.63, 3.8) is 0 Å². The summed E-state index contributed by atoms with van der Waals surface area (Å²) in [5.74, 6) is 0.496. The molecule has 2 aliphatic rings. The van der Waals surface area contributed by atoms with Crippen LogP contribution in [0.2, 0.25) is 0 Å². The van der Waals surface area contributed by atoms with Gasteiger partial charge >= 0.3 is 0 Å². The van der Waals surface area contributed by atoms with E-state index in [0.29, 0.717) is 23.5 Å². The Hall–Kier alpha value is -1.15. The summed E-state index contributed by atoms with van der Waals surface area (Å²) in [6, 6.07) is 0.421. The van der Waals surface area contributed by atoms with Gasteiger partial charge in [0.2, 0.25) is 11.1 Å². The topological polar surface area (TPSA) is 92.9 Å².